The second-order valence-electron chi connectivity index (χ2n) is 6.33. The first-order chi connectivity index (χ1) is 13.3. The third kappa shape index (κ3) is 3.67. The van der Waals surface area contributed by atoms with E-state index in [-0.39, 0.29) is 12.2 Å². The van der Waals surface area contributed by atoms with Crippen molar-refractivity contribution < 1.29 is 31.8 Å². The molecule has 2 heterocycles. The first kappa shape index (κ1) is 20.1. The number of aliphatic imine (C=N–C) groups is 2. The minimum absolute atomic E-state index is 0.295. The van der Waals surface area contributed by atoms with Crippen LogP contribution in [0, 0.1) is 5.82 Å². The number of rotatable bonds is 3. The molecular formula is C18H19F4N3O3. The van der Waals surface area contributed by atoms with Crippen LogP contribution in [-0.4, -0.2) is 54.3 Å². The van der Waals surface area contributed by atoms with Gasteiger partial charge in [-0.2, -0.15) is 23.2 Å². The lowest BCUT2D eigenvalue weighted by Gasteiger charge is -2.35. The van der Waals surface area contributed by atoms with Gasteiger partial charge < -0.3 is 14.4 Å². The Hall–Kier alpha value is -2.65. The highest BCUT2D eigenvalue weighted by atomic mass is 19.4. The molecule has 1 aromatic rings. The lowest BCUT2D eigenvalue weighted by Crippen LogP contribution is -2.55. The molecule has 3 rings (SSSR count). The Labute approximate surface area is 158 Å². The molecule has 1 atom stereocenters. The van der Waals surface area contributed by atoms with Crippen molar-refractivity contribution in [2.24, 2.45) is 9.98 Å². The molecule has 152 valence electrons. The minimum Gasteiger partial charge on any atom is -0.462 e. The molecule has 0 N–H and O–H groups in total. The molecule has 1 fully saturated rings. The fraction of sp³-hybridized carbons (Fsp3) is 0.500. The zero-order chi connectivity index (χ0) is 20.4. The Balaban J connectivity index is 2.16. The van der Waals surface area contributed by atoms with Crippen molar-refractivity contribution in [2.45, 2.75) is 38.0 Å². The van der Waals surface area contributed by atoms with Gasteiger partial charge in [-0.1, -0.05) is 12.1 Å². The van der Waals surface area contributed by atoms with Crippen molar-refractivity contribution in [3.63, 3.8) is 0 Å². The Kier molecular flexibility index (Phi) is 5.57. The maximum atomic E-state index is 14.2. The number of amidine groups is 1. The van der Waals surface area contributed by atoms with E-state index in [0.29, 0.717) is 13.1 Å². The molecule has 0 aliphatic carbocycles. The molecule has 0 amide bonds. The van der Waals surface area contributed by atoms with Crippen LogP contribution in [0.25, 0.3) is 0 Å². The largest absolute Gasteiger partial charge is 0.462 e. The monoisotopic (exact) mass is 401 g/mol. The number of nitrogens with zero attached hydrogens (tertiary/aromatic N) is 3. The van der Waals surface area contributed by atoms with Crippen LogP contribution in [0.1, 0.15) is 31.7 Å². The van der Waals surface area contributed by atoms with E-state index in [0.717, 1.165) is 25.3 Å². The Morgan fingerprint density at radius 2 is 1.89 bits per heavy atom. The maximum Gasteiger partial charge on any atom is 0.446 e. The second-order valence-corrected chi connectivity index (χ2v) is 6.33. The molecule has 0 saturated carbocycles. The van der Waals surface area contributed by atoms with Crippen LogP contribution in [0.4, 0.5) is 17.6 Å². The van der Waals surface area contributed by atoms with Crippen LogP contribution in [0.2, 0.25) is 0 Å². The normalized spacial score (nSPS) is 22.8. The third-order valence-corrected chi connectivity index (χ3v) is 4.39. The minimum atomic E-state index is -5.21. The molecule has 2 aliphatic heterocycles. The number of ether oxygens (including phenoxy) is 2. The van der Waals surface area contributed by atoms with Gasteiger partial charge in [0.25, 0.3) is 6.02 Å². The average molecular weight is 401 g/mol. The zero-order valence-corrected chi connectivity index (χ0v) is 15.1. The number of hydrogen-bond donors (Lipinski definition) is 0. The molecule has 0 aromatic heterocycles. The summed E-state index contributed by atoms with van der Waals surface area (Å²) in [6.07, 6.45) is -2.83. The number of alkyl halides is 3. The number of likely N-dealkylation sites (tertiary alicyclic amines) is 1. The molecule has 0 spiro atoms. The van der Waals surface area contributed by atoms with Crippen molar-refractivity contribution in [1.29, 1.82) is 0 Å². The van der Waals surface area contributed by atoms with E-state index in [2.05, 4.69) is 14.7 Å². The molecule has 2 aliphatic rings. The molecular weight excluding hydrogens is 382 g/mol. The second kappa shape index (κ2) is 7.76. The van der Waals surface area contributed by atoms with Crippen LogP contribution in [0.3, 0.4) is 0 Å². The van der Waals surface area contributed by atoms with Gasteiger partial charge in [-0.3, -0.25) is 0 Å². The van der Waals surface area contributed by atoms with Gasteiger partial charge in [-0.25, -0.2) is 9.18 Å². The van der Waals surface area contributed by atoms with E-state index in [1.54, 1.807) is 0 Å². The fourth-order valence-corrected chi connectivity index (χ4v) is 2.98. The first-order valence-electron chi connectivity index (χ1n) is 8.90. The topological polar surface area (TPSA) is 63.5 Å². The van der Waals surface area contributed by atoms with Gasteiger partial charge in [0.05, 0.1) is 12.2 Å². The number of carbonyl (C=O) groups is 1. The number of esters is 1. The van der Waals surface area contributed by atoms with Gasteiger partial charge in [0, 0.05) is 13.1 Å². The Bertz CT molecular complexity index is 804. The number of halogens is 4. The number of piperidine rings is 1. The molecule has 10 heteroatoms. The number of carbonyl (C=O) groups excluding carboxylic acids is 1. The van der Waals surface area contributed by atoms with Gasteiger partial charge in [-0.05, 0) is 38.3 Å². The van der Waals surface area contributed by atoms with Gasteiger partial charge >= 0.3 is 17.8 Å². The van der Waals surface area contributed by atoms with Gasteiger partial charge in [0.2, 0.25) is 5.90 Å². The van der Waals surface area contributed by atoms with E-state index in [9.17, 15) is 22.4 Å². The van der Waals surface area contributed by atoms with Crippen LogP contribution in [-0.2, 0) is 14.3 Å². The van der Waals surface area contributed by atoms with Gasteiger partial charge in [-0.15, -0.1) is 0 Å². The first-order valence-corrected chi connectivity index (χ1v) is 8.90. The zero-order valence-electron chi connectivity index (χ0n) is 15.1. The molecule has 1 saturated heterocycles. The third-order valence-electron chi connectivity index (χ3n) is 4.39. The summed E-state index contributed by atoms with van der Waals surface area (Å²) in [6.45, 7) is 1.88. The molecule has 28 heavy (non-hydrogen) atoms. The number of benzene rings is 1. The van der Waals surface area contributed by atoms with Crippen molar-refractivity contribution in [3.05, 3.63) is 35.6 Å². The van der Waals surface area contributed by atoms with E-state index in [4.69, 9.17) is 4.74 Å². The summed E-state index contributed by atoms with van der Waals surface area (Å²) >= 11 is 0. The molecule has 1 unspecified atom stereocenters. The van der Waals surface area contributed by atoms with Crippen molar-refractivity contribution in [3.8, 4) is 0 Å². The Morgan fingerprint density at radius 3 is 2.50 bits per heavy atom. The quantitative estimate of drug-likeness (QED) is 0.576. The molecule has 1 aromatic carbocycles. The van der Waals surface area contributed by atoms with E-state index >= 15 is 0 Å². The summed E-state index contributed by atoms with van der Waals surface area (Å²) in [5.41, 5.74) is -3.85. The highest BCUT2D eigenvalue weighted by molar-refractivity contribution is 6.05. The predicted molar refractivity (Wildman–Crippen MR) is 92.3 cm³/mol. The highest BCUT2D eigenvalue weighted by Gasteiger charge is 2.65. The summed E-state index contributed by atoms with van der Waals surface area (Å²) in [5.74, 6) is -3.19. The summed E-state index contributed by atoms with van der Waals surface area (Å²) < 4.78 is 66.4. The summed E-state index contributed by atoms with van der Waals surface area (Å²) in [4.78, 5) is 20.8. The van der Waals surface area contributed by atoms with Crippen LogP contribution in [0.15, 0.2) is 34.3 Å². The van der Waals surface area contributed by atoms with Gasteiger partial charge in [0.15, 0.2) is 0 Å². The van der Waals surface area contributed by atoms with Gasteiger partial charge in [0.1, 0.15) is 5.82 Å². The summed E-state index contributed by atoms with van der Waals surface area (Å²) in [7, 11) is 0. The van der Waals surface area contributed by atoms with Crippen LogP contribution in [0.5, 0.6) is 0 Å². The molecule has 0 bridgehead atoms. The predicted octanol–water partition coefficient (Wildman–Crippen LogP) is 3.27. The Morgan fingerprint density at radius 1 is 1.21 bits per heavy atom. The lowest BCUT2D eigenvalue weighted by atomic mass is 10.1. The van der Waals surface area contributed by atoms with E-state index in [1.165, 1.54) is 30.0 Å². The average Bonchev–Trinajstić information content (AvgIpc) is 2.68. The smallest absolute Gasteiger partial charge is 0.446 e. The summed E-state index contributed by atoms with van der Waals surface area (Å²) in [6, 6.07) is 4.67. The number of hydrogen-bond acceptors (Lipinski definition) is 6. The highest BCUT2D eigenvalue weighted by Crippen LogP contribution is 2.39. The van der Waals surface area contributed by atoms with E-state index < -0.39 is 35.5 Å². The van der Waals surface area contributed by atoms with Crippen molar-refractivity contribution in [2.75, 3.05) is 19.7 Å². The maximum absolute atomic E-state index is 14.2. The SMILES string of the molecule is CCOC(=O)C1(C(F)(F)F)N=C(c2ccccc2F)OC(N2CCCCC2)=N1. The standard InChI is InChI=1S/C18H19F4N3O3/c1-2-27-15(26)17(18(20,21)22)23-14(12-8-4-5-9-13(12)19)28-16(24-17)25-10-6-3-7-11-25/h4-5,8-9H,2-3,6-7,10-11H2,1H3. The summed E-state index contributed by atoms with van der Waals surface area (Å²) in [5, 5.41) is 0. The van der Waals surface area contributed by atoms with Crippen molar-refractivity contribution in [1.82, 2.24) is 4.90 Å². The van der Waals surface area contributed by atoms with Crippen LogP contribution < -0.4 is 0 Å². The fourth-order valence-electron chi connectivity index (χ4n) is 2.98. The molecule has 6 nitrogen and oxygen atoms in total. The molecule has 0 radical (unpaired) electrons. The lowest BCUT2D eigenvalue weighted by molar-refractivity contribution is -0.204. The van der Waals surface area contributed by atoms with E-state index in [1.807, 2.05) is 0 Å². The van der Waals surface area contributed by atoms with Crippen molar-refractivity contribution >= 4 is 17.9 Å². The van der Waals surface area contributed by atoms with Crippen LogP contribution >= 0.6 is 0 Å².